The van der Waals surface area contributed by atoms with Crippen LogP contribution >= 0.6 is 24.0 Å². The summed E-state index contributed by atoms with van der Waals surface area (Å²) < 4.78 is 7.23. The number of rotatable bonds is 7. The van der Waals surface area contributed by atoms with E-state index in [0.29, 0.717) is 0 Å². The molecule has 1 aromatic carbocycles. The molecule has 1 aromatic heterocycles. The van der Waals surface area contributed by atoms with Gasteiger partial charge in [-0.05, 0) is 50.5 Å². The van der Waals surface area contributed by atoms with E-state index in [1.807, 2.05) is 16.9 Å². The molecule has 2 heterocycles. The zero-order valence-corrected chi connectivity index (χ0v) is 18.9. The van der Waals surface area contributed by atoms with Gasteiger partial charge in [-0.15, -0.1) is 24.0 Å². The first-order valence-corrected chi connectivity index (χ1v) is 9.66. The summed E-state index contributed by atoms with van der Waals surface area (Å²) in [6.45, 7) is 7.42. The van der Waals surface area contributed by atoms with Gasteiger partial charge in [0.05, 0.1) is 24.9 Å². The molecule has 0 radical (unpaired) electrons. The van der Waals surface area contributed by atoms with E-state index in [-0.39, 0.29) is 30.0 Å². The van der Waals surface area contributed by atoms with E-state index in [1.54, 1.807) is 6.20 Å². The lowest BCUT2D eigenvalue weighted by Gasteiger charge is -2.19. The first-order chi connectivity index (χ1) is 13.3. The number of guanidine groups is 1. The van der Waals surface area contributed by atoms with Crippen molar-refractivity contribution in [2.45, 2.75) is 32.7 Å². The lowest BCUT2D eigenvalue weighted by atomic mass is 10.1. The van der Waals surface area contributed by atoms with Crippen LogP contribution in [0.2, 0.25) is 0 Å². The highest BCUT2D eigenvalue weighted by molar-refractivity contribution is 14.0. The summed E-state index contributed by atoms with van der Waals surface area (Å²) in [5.74, 6) is 0.849. The molecule has 6 nitrogen and oxygen atoms in total. The highest BCUT2D eigenvalue weighted by atomic mass is 127. The molecule has 1 aliphatic heterocycles. The van der Waals surface area contributed by atoms with Crippen molar-refractivity contribution in [1.82, 2.24) is 20.4 Å². The topological polar surface area (TPSA) is 63.5 Å². The molecule has 1 aliphatic rings. The first-order valence-electron chi connectivity index (χ1n) is 9.66. The maximum atomic E-state index is 5.36. The van der Waals surface area contributed by atoms with Crippen molar-refractivity contribution in [3.63, 3.8) is 0 Å². The Labute approximate surface area is 184 Å². The third kappa shape index (κ3) is 6.63. The molecule has 0 bridgehead atoms. The predicted octanol–water partition coefficient (Wildman–Crippen LogP) is 3.84. The maximum absolute atomic E-state index is 5.36. The van der Waals surface area contributed by atoms with Crippen molar-refractivity contribution < 1.29 is 4.74 Å². The molecule has 0 spiro atoms. The molecule has 3 rings (SSSR count). The minimum absolute atomic E-state index is 0. The van der Waals surface area contributed by atoms with Crippen LogP contribution in [0.15, 0.2) is 59.4 Å². The van der Waals surface area contributed by atoms with Gasteiger partial charge in [-0.2, -0.15) is 5.10 Å². The van der Waals surface area contributed by atoms with Crippen LogP contribution in [0.4, 0.5) is 0 Å². The quantitative estimate of drug-likeness (QED) is 0.265. The Bertz CT molecular complexity index is 773. The Morgan fingerprint density at radius 1 is 1.36 bits per heavy atom. The largest absolute Gasteiger partial charge is 0.377 e. The fourth-order valence-corrected chi connectivity index (χ4v) is 3.07. The van der Waals surface area contributed by atoms with Crippen LogP contribution in [0, 0.1) is 0 Å². The molecule has 2 aromatic rings. The van der Waals surface area contributed by atoms with Crippen molar-refractivity contribution in [2.75, 3.05) is 26.3 Å². The monoisotopic (exact) mass is 495 g/mol. The SMILES string of the molecule is CCNC(=NCCC1=CCOCC1)NC(C)c1cccc(-n2cccn2)c1.I. The minimum atomic E-state index is 0. The number of aromatic nitrogens is 2. The van der Waals surface area contributed by atoms with Gasteiger partial charge in [0.15, 0.2) is 5.96 Å². The fraction of sp³-hybridized carbons (Fsp3) is 0.429. The Morgan fingerprint density at radius 3 is 2.96 bits per heavy atom. The van der Waals surface area contributed by atoms with E-state index in [0.717, 1.165) is 50.8 Å². The van der Waals surface area contributed by atoms with Crippen LogP contribution in [0.1, 0.15) is 38.3 Å². The van der Waals surface area contributed by atoms with Crippen LogP contribution in [-0.4, -0.2) is 42.0 Å². The van der Waals surface area contributed by atoms with Gasteiger partial charge in [0.1, 0.15) is 0 Å². The Hall–Kier alpha value is -1.87. The molecule has 0 fully saturated rings. The van der Waals surface area contributed by atoms with Crippen molar-refractivity contribution in [3.8, 4) is 5.69 Å². The molecule has 2 N–H and O–H groups in total. The smallest absolute Gasteiger partial charge is 0.191 e. The molecular weight excluding hydrogens is 465 g/mol. The second-order valence-electron chi connectivity index (χ2n) is 6.61. The average Bonchev–Trinajstić information content (AvgIpc) is 3.24. The summed E-state index contributed by atoms with van der Waals surface area (Å²) in [5, 5.41) is 11.2. The van der Waals surface area contributed by atoms with Crippen LogP contribution in [0.25, 0.3) is 5.69 Å². The number of nitrogens with one attached hydrogen (secondary N) is 2. The summed E-state index contributed by atoms with van der Waals surface area (Å²) in [6, 6.07) is 10.5. The number of halogens is 1. The van der Waals surface area contributed by atoms with Gasteiger partial charge < -0.3 is 15.4 Å². The van der Waals surface area contributed by atoms with Gasteiger partial charge in [0.2, 0.25) is 0 Å². The van der Waals surface area contributed by atoms with Crippen LogP contribution < -0.4 is 10.6 Å². The molecule has 0 saturated carbocycles. The molecule has 7 heteroatoms. The molecule has 0 amide bonds. The highest BCUT2D eigenvalue weighted by Crippen LogP contribution is 2.16. The van der Waals surface area contributed by atoms with E-state index in [1.165, 1.54) is 11.1 Å². The van der Waals surface area contributed by atoms with Gasteiger partial charge in [0, 0.05) is 25.5 Å². The molecule has 152 valence electrons. The highest BCUT2D eigenvalue weighted by Gasteiger charge is 2.09. The lowest BCUT2D eigenvalue weighted by molar-refractivity contribution is 0.153. The summed E-state index contributed by atoms with van der Waals surface area (Å²) >= 11 is 0. The molecule has 1 atom stereocenters. The van der Waals surface area contributed by atoms with Crippen molar-refractivity contribution in [3.05, 3.63) is 59.9 Å². The van der Waals surface area contributed by atoms with E-state index < -0.39 is 0 Å². The summed E-state index contributed by atoms with van der Waals surface area (Å²) in [6.07, 6.45) is 7.94. The number of nitrogens with zero attached hydrogens (tertiary/aromatic N) is 3. The number of ether oxygens (including phenoxy) is 1. The molecular formula is C21H30IN5O. The van der Waals surface area contributed by atoms with Crippen LogP contribution in [0.3, 0.4) is 0 Å². The third-order valence-electron chi connectivity index (χ3n) is 4.60. The molecule has 0 aliphatic carbocycles. The van der Waals surface area contributed by atoms with Gasteiger partial charge in [-0.3, -0.25) is 4.99 Å². The standard InChI is InChI=1S/C21H29N5O.HI/c1-3-22-21(23-12-8-18-9-14-27-15-10-18)25-17(2)19-6-4-7-20(16-19)26-13-5-11-24-26;/h4-7,9,11,13,16-17H,3,8,10,12,14-15H2,1-2H3,(H2,22,23,25);1H. The number of benzene rings is 1. The molecule has 1 unspecified atom stereocenters. The predicted molar refractivity (Wildman–Crippen MR) is 125 cm³/mol. The van der Waals surface area contributed by atoms with E-state index in [9.17, 15) is 0 Å². The van der Waals surface area contributed by atoms with E-state index >= 15 is 0 Å². The van der Waals surface area contributed by atoms with Crippen LogP contribution in [-0.2, 0) is 4.74 Å². The first kappa shape index (κ1) is 22.4. The van der Waals surface area contributed by atoms with Gasteiger partial charge >= 0.3 is 0 Å². The maximum Gasteiger partial charge on any atom is 0.191 e. The van der Waals surface area contributed by atoms with E-state index in [4.69, 9.17) is 9.73 Å². The van der Waals surface area contributed by atoms with Gasteiger partial charge in [-0.25, -0.2) is 4.68 Å². The van der Waals surface area contributed by atoms with Crippen LogP contribution in [0.5, 0.6) is 0 Å². The number of aliphatic imine (C=N–C) groups is 1. The van der Waals surface area contributed by atoms with Crippen molar-refractivity contribution in [1.29, 1.82) is 0 Å². The average molecular weight is 495 g/mol. The molecule has 28 heavy (non-hydrogen) atoms. The summed E-state index contributed by atoms with van der Waals surface area (Å²) in [4.78, 5) is 4.74. The second-order valence-corrected chi connectivity index (χ2v) is 6.61. The number of hydrogen-bond acceptors (Lipinski definition) is 3. The summed E-state index contributed by atoms with van der Waals surface area (Å²) in [5.41, 5.74) is 3.70. The molecule has 0 saturated heterocycles. The number of hydrogen-bond donors (Lipinski definition) is 2. The Kier molecular flexibility index (Phi) is 9.49. The van der Waals surface area contributed by atoms with Gasteiger partial charge in [0.25, 0.3) is 0 Å². The minimum Gasteiger partial charge on any atom is -0.377 e. The zero-order valence-electron chi connectivity index (χ0n) is 16.6. The Morgan fingerprint density at radius 2 is 2.25 bits per heavy atom. The lowest BCUT2D eigenvalue weighted by Crippen LogP contribution is -2.38. The fourth-order valence-electron chi connectivity index (χ4n) is 3.07. The normalized spacial score (nSPS) is 15.4. The van der Waals surface area contributed by atoms with Gasteiger partial charge in [-0.1, -0.05) is 23.8 Å². The Balaban J connectivity index is 0.00000280. The third-order valence-corrected chi connectivity index (χ3v) is 4.60. The van der Waals surface area contributed by atoms with Crippen molar-refractivity contribution >= 4 is 29.9 Å². The second kappa shape index (κ2) is 11.9. The zero-order chi connectivity index (χ0) is 18.9. The summed E-state index contributed by atoms with van der Waals surface area (Å²) in [7, 11) is 0. The van der Waals surface area contributed by atoms with E-state index in [2.05, 4.69) is 59.9 Å². The van der Waals surface area contributed by atoms with Crippen molar-refractivity contribution in [2.24, 2.45) is 4.99 Å².